The molecule has 468 valence electrons. The monoisotopic (exact) mass is 1110 g/mol. The maximum absolute atomic E-state index is 12.5. The molecule has 0 heterocycles. The molecule has 0 bridgehead atoms. The van der Waals surface area contributed by atoms with E-state index < -0.39 is 12.1 Å². The normalized spacial score (nSPS) is 12.6. The quantitative estimate of drug-likeness (QED) is 0.0320. The Hall–Kier alpha value is -1.66. The summed E-state index contributed by atoms with van der Waals surface area (Å²) in [6.45, 7) is 4.94. The molecular formula is C73H141NO5. The fraction of sp³-hybridized carbons (Fsp3) is 0.918. The molecule has 0 aliphatic heterocycles. The van der Waals surface area contributed by atoms with Crippen LogP contribution in [0.3, 0.4) is 0 Å². The topological polar surface area (TPSA) is 95.9 Å². The molecule has 0 aromatic rings. The molecular weight excluding hydrogens is 971 g/mol. The Labute approximate surface area is 494 Å². The van der Waals surface area contributed by atoms with Crippen molar-refractivity contribution in [3.8, 4) is 0 Å². The zero-order valence-electron chi connectivity index (χ0n) is 53.6. The van der Waals surface area contributed by atoms with E-state index in [1.165, 1.54) is 340 Å². The summed E-state index contributed by atoms with van der Waals surface area (Å²) in [5, 5.41) is 23.3. The molecule has 0 radical (unpaired) electrons. The fourth-order valence-corrected chi connectivity index (χ4v) is 11.5. The highest BCUT2D eigenvalue weighted by atomic mass is 16.5. The Morgan fingerprint density at radius 3 is 0.899 bits per heavy atom. The number of hydrogen-bond acceptors (Lipinski definition) is 5. The van der Waals surface area contributed by atoms with E-state index in [1.54, 1.807) is 6.08 Å². The van der Waals surface area contributed by atoms with Gasteiger partial charge in [-0.1, -0.05) is 359 Å². The van der Waals surface area contributed by atoms with Crippen LogP contribution in [0.5, 0.6) is 0 Å². The fourth-order valence-electron chi connectivity index (χ4n) is 11.5. The average Bonchev–Trinajstić information content (AvgIpc) is 3.45. The summed E-state index contributed by atoms with van der Waals surface area (Å²) in [6.07, 6.45) is 87.0. The first-order valence-corrected chi connectivity index (χ1v) is 36.1. The second-order valence-corrected chi connectivity index (χ2v) is 24.9. The number of carbonyl (C=O) groups excluding carboxylic acids is 2. The molecule has 0 fully saturated rings. The van der Waals surface area contributed by atoms with Gasteiger partial charge in [-0.2, -0.15) is 0 Å². The van der Waals surface area contributed by atoms with E-state index in [9.17, 15) is 19.8 Å². The van der Waals surface area contributed by atoms with Gasteiger partial charge < -0.3 is 20.3 Å². The first-order chi connectivity index (χ1) is 39.0. The third-order valence-corrected chi connectivity index (χ3v) is 17.0. The van der Waals surface area contributed by atoms with Gasteiger partial charge in [0.1, 0.15) is 0 Å². The number of ether oxygens (including phenoxy) is 1. The number of aliphatic hydroxyl groups excluding tert-OH is 2. The van der Waals surface area contributed by atoms with Crippen molar-refractivity contribution in [3.63, 3.8) is 0 Å². The highest BCUT2D eigenvalue weighted by molar-refractivity contribution is 5.76. The number of aliphatic hydroxyl groups is 2. The molecule has 0 rings (SSSR count). The Morgan fingerprint density at radius 2 is 0.595 bits per heavy atom. The van der Waals surface area contributed by atoms with Crippen molar-refractivity contribution in [2.24, 2.45) is 0 Å². The molecule has 0 aliphatic carbocycles. The van der Waals surface area contributed by atoms with Crippen LogP contribution >= 0.6 is 0 Å². The number of unbranched alkanes of at least 4 members (excludes halogenated alkanes) is 55. The van der Waals surface area contributed by atoms with Crippen LogP contribution in [-0.2, 0) is 14.3 Å². The van der Waals surface area contributed by atoms with Crippen LogP contribution in [-0.4, -0.2) is 47.4 Å². The lowest BCUT2D eigenvalue weighted by Crippen LogP contribution is -2.45. The molecule has 3 N–H and O–H groups in total. The van der Waals surface area contributed by atoms with Gasteiger partial charge in [-0.05, 0) is 57.8 Å². The van der Waals surface area contributed by atoms with Crippen LogP contribution in [0.1, 0.15) is 406 Å². The lowest BCUT2D eigenvalue weighted by molar-refractivity contribution is -0.143. The van der Waals surface area contributed by atoms with Gasteiger partial charge in [0.05, 0.1) is 25.4 Å². The predicted octanol–water partition coefficient (Wildman–Crippen LogP) is 23.3. The van der Waals surface area contributed by atoms with Gasteiger partial charge in [-0.3, -0.25) is 9.59 Å². The molecule has 6 nitrogen and oxygen atoms in total. The van der Waals surface area contributed by atoms with E-state index in [4.69, 9.17) is 4.74 Å². The number of nitrogens with one attached hydrogen (secondary N) is 1. The van der Waals surface area contributed by atoms with Crippen LogP contribution in [0.4, 0.5) is 0 Å². The Kier molecular flexibility index (Phi) is 67.4. The first-order valence-electron chi connectivity index (χ1n) is 36.1. The Bertz CT molecular complexity index is 1230. The number of allylic oxidation sites excluding steroid dienone is 3. The van der Waals surface area contributed by atoms with E-state index in [1.807, 2.05) is 6.08 Å². The van der Waals surface area contributed by atoms with Crippen LogP contribution in [0, 0.1) is 0 Å². The van der Waals surface area contributed by atoms with Gasteiger partial charge in [0, 0.05) is 12.8 Å². The smallest absolute Gasteiger partial charge is 0.305 e. The minimum absolute atomic E-state index is 0.0165. The lowest BCUT2D eigenvalue weighted by atomic mass is 10.0. The Balaban J connectivity index is 3.40. The van der Waals surface area contributed by atoms with Crippen LogP contribution < -0.4 is 5.32 Å². The molecule has 0 saturated carbocycles. The largest absolute Gasteiger partial charge is 0.466 e. The maximum Gasteiger partial charge on any atom is 0.305 e. The number of carbonyl (C=O) groups is 2. The second-order valence-electron chi connectivity index (χ2n) is 24.9. The Morgan fingerprint density at radius 1 is 0.342 bits per heavy atom. The standard InChI is InChI=1S/C73H141NO5/c1-3-5-7-9-11-13-15-16-17-18-19-20-30-33-36-39-42-46-49-53-57-61-65-71(76)70(69-75)74-72(77)66-62-58-54-50-47-43-40-37-34-31-28-26-24-22-21-23-25-27-29-32-35-38-41-44-48-52-56-60-64-68-79-73(78)67-63-59-55-51-45-14-12-10-8-6-4-2/h21,23,61,65,70-71,75-76H,3-20,22,24-60,62-64,66-69H2,1-2H3,(H,74,77)/b23-21-,65-61+. The van der Waals surface area contributed by atoms with Crippen LogP contribution in [0.2, 0.25) is 0 Å². The molecule has 79 heavy (non-hydrogen) atoms. The van der Waals surface area contributed by atoms with E-state index in [0.717, 1.165) is 38.5 Å². The van der Waals surface area contributed by atoms with Gasteiger partial charge in [-0.15, -0.1) is 0 Å². The van der Waals surface area contributed by atoms with Crippen molar-refractivity contribution < 1.29 is 24.5 Å². The van der Waals surface area contributed by atoms with Crippen LogP contribution in [0.25, 0.3) is 0 Å². The minimum Gasteiger partial charge on any atom is -0.466 e. The number of esters is 1. The third-order valence-electron chi connectivity index (χ3n) is 17.0. The molecule has 1 amide bonds. The molecule has 6 heteroatoms. The molecule has 0 aromatic heterocycles. The van der Waals surface area contributed by atoms with Gasteiger partial charge in [0.2, 0.25) is 5.91 Å². The molecule has 0 aliphatic rings. The van der Waals surface area contributed by atoms with Crippen molar-refractivity contribution in [3.05, 3.63) is 24.3 Å². The lowest BCUT2D eigenvalue weighted by Gasteiger charge is -2.20. The average molecular weight is 1110 g/mol. The minimum atomic E-state index is -0.845. The summed E-state index contributed by atoms with van der Waals surface area (Å²) in [7, 11) is 0. The van der Waals surface area contributed by atoms with Crippen molar-refractivity contribution >= 4 is 11.9 Å². The van der Waals surface area contributed by atoms with E-state index in [-0.39, 0.29) is 18.5 Å². The summed E-state index contributed by atoms with van der Waals surface area (Å²) >= 11 is 0. The van der Waals surface area contributed by atoms with Gasteiger partial charge >= 0.3 is 5.97 Å². The summed E-state index contributed by atoms with van der Waals surface area (Å²) in [5.74, 6) is -0.0462. The molecule has 2 unspecified atom stereocenters. The van der Waals surface area contributed by atoms with Crippen molar-refractivity contribution in [1.82, 2.24) is 5.32 Å². The van der Waals surface area contributed by atoms with Crippen molar-refractivity contribution in [2.45, 2.75) is 418 Å². The predicted molar refractivity (Wildman–Crippen MR) is 347 cm³/mol. The highest BCUT2D eigenvalue weighted by Crippen LogP contribution is 2.19. The van der Waals surface area contributed by atoms with E-state index >= 15 is 0 Å². The summed E-state index contributed by atoms with van der Waals surface area (Å²) in [6, 6.07) is -0.628. The van der Waals surface area contributed by atoms with E-state index in [0.29, 0.717) is 19.4 Å². The molecule has 0 saturated heterocycles. The zero-order chi connectivity index (χ0) is 57.1. The summed E-state index contributed by atoms with van der Waals surface area (Å²) in [5.41, 5.74) is 0. The van der Waals surface area contributed by atoms with Gasteiger partial charge in [0.15, 0.2) is 0 Å². The molecule has 2 atom stereocenters. The second kappa shape index (κ2) is 68.8. The summed E-state index contributed by atoms with van der Waals surface area (Å²) < 4.78 is 5.47. The number of hydrogen-bond donors (Lipinski definition) is 3. The molecule has 0 aromatic carbocycles. The highest BCUT2D eigenvalue weighted by Gasteiger charge is 2.18. The number of amides is 1. The van der Waals surface area contributed by atoms with Gasteiger partial charge in [-0.25, -0.2) is 0 Å². The third kappa shape index (κ3) is 65.4. The zero-order valence-corrected chi connectivity index (χ0v) is 53.6. The van der Waals surface area contributed by atoms with Crippen molar-refractivity contribution in [2.75, 3.05) is 13.2 Å². The summed E-state index contributed by atoms with van der Waals surface area (Å²) in [4.78, 5) is 24.5. The maximum atomic E-state index is 12.5. The van der Waals surface area contributed by atoms with E-state index in [2.05, 4.69) is 31.3 Å². The first kappa shape index (κ1) is 77.3. The SMILES string of the molecule is CCCCCCCCCCCCCCCCCCCCCC/C=C/C(O)C(CO)NC(=O)CCCCCCCCCCCCCCC/C=C\CCCCCCCCCCCCCCOC(=O)CCCCCCCCCCCCC. The molecule has 0 spiro atoms. The van der Waals surface area contributed by atoms with Gasteiger partial charge in [0.25, 0.3) is 0 Å². The van der Waals surface area contributed by atoms with Crippen LogP contribution in [0.15, 0.2) is 24.3 Å². The van der Waals surface area contributed by atoms with Crippen molar-refractivity contribution in [1.29, 1.82) is 0 Å². The number of rotatable bonds is 68.